The van der Waals surface area contributed by atoms with Crippen molar-refractivity contribution >= 4 is 22.5 Å². The standard InChI is InChI=1S/C20H22ClN3O/c1-3-13-22-17(4-2)19-23-18-8-6-5-7-16(18)20(25)24(19)15-11-9-14(21)10-12-15/h5-12,17,22H,3-4,13H2,1-2H3/p+1/t17-/m1/s1. The molecule has 3 rings (SSSR count). The van der Waals surface area contributed by atoms with Gasteiger partial charge < -0.3 is 5.32 Å². The highest BCUT2D eigenvalue weighted by Gasteiger charge is 2.22. The maximum Gasteiger partial charge on any atom is 0.266 e. The Balaban J connectivity index is 2.27. The minimum atomic E-state index is -0.0359. The van der Waals surface area contributed by atoms with E-state index in [2.05, 4.69) is 19.2 Å². The van der Waals surface area contributed by atoms with E-state index in [-0.39, 0.29) is 11.6 Å². The molecule has 1 atom stereocenters. The summed E-state index contributed by atoms with van der Waals surface area (Å²) in [6, 6.07) is 15.0. The predicted molar refractivity (Wildman–Crippen MR) is 102 cm³/mol. The summed E-state index contributed by atoms with van der Waals surface area (Å²) >= 11 is 6.02. The number of nitrogens with two attached hydrogens (primary N) is 1. The molecule has 1 aromatic heterocycles. The van der Waals surface area contributed by atoms with Crippen LogP contribution < -0.4 is 10.9 Å². The van der Waals surface area contributed by atoms with Crippen LogP contribution in [0.1, 0.15) is 38.6 Å². The van der Waals surface area contributed by atoms with Gasteiger partial charge in [-0.15, -0.1) is 0 Å². The van der Waals surface area contributed by atoms with Crippen LogP contribution in [-0.2, 0) is 0 Å². The number of hydrogen-bond donors (Lipinski definition) is 1. The number of aromatic nitrogens is 2. The average molecular weight is 357 g/mol. The third-order valence-electron chi connectivity index (χ3n) is 4.40. The second-order valence-electron chi connectivity index (χ2n) is 6.14. The molecule has 0 fully saturated rings. The molecule has 0 unspecified atom stereocenters. The van der Waals surface area contributed by atoms with E-state index in [9.17, 15) is 4.79 Å². The summed E-state index contributed by atoms with van der Waals surface area (Å²) in [4.78, 5) is 18.1. The van der Waals surface area contributed by atoms with Crippen LogP contribution in [0.2, 0.25) is 5.02 Å². The maximum absolute atomic E-state index is 13.2. The van der Waals surface area contributed by atoms with Crippen LogP contribution in [0.4, 0.5) is 0 Å². The fourth-order valence-corrected chi connectivity index (χ4v) is 3.19. The molecule has 0 spiro atoms. The van der Waals surface area contributed by atoms with Crippen molar-refractivity contribution in [3.63, 3.8) is 0 Å². The number of benzene rings is 2. The lowest BCUT2D eigenvalue weighted by atomic mass is 10.1. The van der Waals surface area contributed by atoms with Crippen molar-refractivity contribution < 1.29 is 5.32 Å². The summed E-state index contributed by atoms with van der Waals surface area (Å²) in [6.07, 6.45) is 1.98. The average Bonchev–Trinajstić information content (AvgIpc) is 2.64. The van der Waals surface area contributed by atoms with E-state index in [0.717, 1.165) is 36.4 Å². The topological polar surface area (TPSA) is 51.5 Å². The number of quaternary nitrogens is 1. The van der Waals surface area contributed by atoms with Gasteiger partial charge in [0.2, 0.25) is 0 Å². The molecule has 3 aromatic rings. The van der Waals surface area contributed by atoms with Crippen molar-refractivity contribution in [3.8, 4) is 5.69 Å². The van der Waals surface area contributed by atoms with Gasteiger partial charge in [-0.3, -0.25) is 9.36 Å². The molecular formula is C20H23ClN3O+. The smallest absolute Gasteiger partial charge is 0.266 e. The van der Waals surface area contributed by atoms with E-state index >= 15 is 0 Å². The second-order valence-corrected chi connectivity index (χ2v) is 6.58. The third-order valence-corrected chi connectivity index (χ3v) is 4.65. The molecule has 25 heavy (non-hydrogen) atoms. The zero-order valence-corrected chi connectivity index (χ0v) is 15.3. The molecule has 0 amide bonds. The van der Waals surface area contributed by atoms with E-state index in [4.69, 9.17) is 16.6 Å². The summed E-state index contributed by atoms with van der Waals surface area (Å²) < 4.78 is 1.74. The maximum atomic E-state index is 13.2. The van der Waals surface area contributed by atoms with E-state index in [1.54, 1.807) is 16.7 Å². The zero-order chi connectivity index (χ0) is 17.8. The highest BCUT2D eigenvalue weighted by molar-refractivity contribution is 6.30. The van der Waals surface area contributed by atoms with E-state index < -0.39 is 0 Å². The van der Waals surface area contributed by atoms with Gasteiger partial charge in [-0.05, 0) is 42.8 Å². The van der Waals surface area contributed by atoms with Gasteiger partial charge in [-0.2, -0.15) is 0 Å². The number of nitrogens with zero attached hydrogens (tertiary/aromatic N) is 2. The lowest BCUT2D eigenvalue weighted by molar-refractivity contribution is -0.697. The summed E-state index contributed by atoms with van der Waals surface area (Å²) in [5, 5.41) is 3.55. The normalized spacial score (nSPS) is 12.4. The van der Waals surface area contributed by atoms with E-state index in [0.29, 0.717) is 10.4 Å². The molecule has 1 heterocycles. The first-order valence-corrected chi connectivity index (χ1v) is 9.14. The van der Waals surface area contributed by atoms with Crippen molar-refractivity contribution in [2.45, 2.75) is 32.7 Å². The van der Waals surface area contributed by atoms with Crippen molar-refractivity contribution in [1.29, 1.82) is 0 Å². The van der Waals surface area contributed by atoms with Crippen LogP contribution in [0.3, 0.4) is 0 Å². The predicted octanol–water partition coefficient (Wildman–Crippen LogP) is 3.46. The molecule has 5 heteroatoms. The molecule has 130 valence electrons. The van der Waals surface area contributed by atoms with Gasteiger partial charge in [0.15, 0.2) is 5.82 Å². The minimum absolute atomic E-state index is 0.0359. The van der Waals surface area contributed by atoms with Gasteiger partial charge in [0, 0.05) is 11.4 Å². The number of fused-ring (bicyclic) bond motifs is 1. The fraction of sp³-hybridized carbons (Fsp3) is 0.300. The fourth-order valence-electron chi connectivity index (χ4n) is 3.06. The molecule has 0 aliphatic heterocycles. The largest absolute Gasteiger partial charge is 0.338 e. The Labute approximate surface area is 152 Å². The molecular weight excluding hydrogens is 334 g/mol. The second kappa shape index (κ2) is 7.81. The van der Waals surface area contributed by atoms with Gasteiger partial charge in [0.1, 0.15) is 6.04 Å². The van der Waals surface area contributed by atoms with Crippen LogP contribution >= 0.6 is 11.6 Å². The lowest BCUT2D eigenvalue weighted by Gasteiger charge is -2.19. The third kappa shape index (κ3) is 3.60. The SMILES string of the molecule is CCC[NH2+][C@H](CC)c1nc2ccccc2c(=O)n1-c1ccc(Cl)cc1. The Morgan fingerprint density at radius 1 is 1.12 bits per heavy atom. The van der Waals surface area contributed by atoms with E-state index in [1.165, 1.54) is 0 Å². The molecule has 4 nitrogen and oxygen atoms in total. The first kappa shape index (κ1) is 17.6. The number of hydrogen-bond acceptors (Lipinski definition) is 2. The van der Waals surface area contributed by atoms with Crippen LogP contribution in [0.5, 0.6) is 0 Å². The highest BCUT2D eigenvalue weighted by Crippen LogP contribution is 2.19. The molecule has 0 saturated carbocycles. The van der Waals surface area contributed by atoms with Crippen molar-refractivity contribution in [1.82, 2.24) is 9.55 Å². The van der Waals surface area contributed by atoms with Crippen LogP contribution in [0.15, 0.2) is 53.3 Å². The Hall–Kier alpha value is -2.17. The quantitative estimate of drug-likeness (QED) is 0.735. The molecule has 0 saturated heterocycles. The molecule has 0 aliphatic rings. The Bertz CT molecular complexity index is 918. The molecule has 0 radical (unpaired) electrons. The minimum Gasteiger partial charge on any atom is -0.338 e. The summed E-state index contributed by atoms with van der Waals surface area (Å²) in [5.74, 6) is 0.793. The number of rotatable bonds is 6. The van der Waals surface area contributed by atoms with E-state index in [1.807, 2.05) is 36.4 Å². The summed E-state index contributed by atoms with van der Waals surface area (Å²) in [5.41, 5.74) is 1.51. The summed E-state index contributed by atoms with van der Waals surface area (Å²) in [7, 11) is 0. The van der Waals surface area contributed by atoms with Gasteiger partial charge in [0.25, 0.3) is 5.56 Å². The monoisotopic (exact) mass is 356 g/mol. The Kier molecular flexibility index (Phi) is 5.51. The highest BCUT2D eigenvalue weighted by atomic mass is 35.5. The zero-order valence-electron chi connectivity index (χ0n) is 14.6. The lowest BCUT2D eigenvalue weighted by Crippen LogP contribution is -2.85. The molecule has 0 bridgehead atoms. The molecule has 2 N–H and O–H groups in total. The Morgan fingerprint density at radius 2 is 1.84 bits per heavy atom. The Morgan fingerprint density at radius 3 is 2.52 bits per heavy atom. The van der Waals surface area contributed by atoms with Gasteiger partial charge in [-0.1, -0.05) is 37.6 Å². The molecule has 2 aromatic carbocycles. The number of halogens is 1. The molecule has 0 aliphatic carbocycles. The van der Waals surface area contributed by atoms with Gasteiger partial charge in [-0.25, -0.2) is 4.98 Å². The summed E-state index contributed by atoms with van der Waals surface area (Å²) in [6.45, 7) is 5.29. The first-order valence-electron chi connectivity index (χ1n) is 8.76. The van der Waals surface area contributed by atoms with Crippen LogP contribution in [-0.4, -0.2) is 16.1 Å². The number of para-hydroxylation sites is 1. The van der Waals surface area contributed by atoms with Gasteiger partial charge >= 0.3 is 0 Å². The van der Waals surface area contributed by atoms with Crippen LogP contribution in [0, 0.1) is 0 Å². The van der Waals surface area contributed by atoms with Crippen molar-refractivity contribution in [2.75, 3.05) is 6.54 Å². The first-order chi connectivity index (χ1) is 12.2. The van der Waals surface area contributed by atoms with Crippen molar-refractivity contribution in [2.24, 2.45) is 0 Å². The van der Waals surface area contributed by atoms with Gasteiger partial charge in [0.05, 0.1) is 23.1 Å². The van der Waals surface area contributed by atoms with Crippen LogP contribution in [0.25, 0.3) is 16.6 Å². The van der Waals surface area contributed by atoms with Crippen molar-refractivity contribution in [3.05, 3.63) is 69.7 Å².